The molecule has 2 bridgehead atoms. The highest BCUT2D eigenvalue weighted by atomic mass is 28.3. The maximum absolute atomic E-state index is 4.49. The lowest BCUT2D eigenvalue weighted by atomic mass is 9.60. The fourth-order valence-electron chi connectivity index (χ4n) is 12.7. The van der Waals surface area contributed by atoms with E-state index in [9.17, 15) is 0 Å². The largest absolute Gasteiger partial charge is 0.309 e. The highest BCUT2D eigenvalue weighted by Crippen LogP contribution is 2.59. The van der Waals surface area contributed by atoms with Crippen molar-refractivity contribution < 1.29 is 0 Å². The van der Waals surface area contributed by atoms with Crippen LogP contribution in [0.15, 0.2) is 290 Å². The van der Waals surface area contributed by atoms with E-state index >= 15 is 0 Å². The SMILES string of the molecule is C=C/C=C(\C1=C(C)C2c3ccccc3C1c1c2cccc1-n1c2ccccc2c2cc(-c3c(-c4ccccc4)cccc3-c3ccccc3)ccc21)[Si](c1ccccc1)(c1ccccc1)c1ccccc1. The number of allylic oxidation sites excluding steroid dienone is 5. The second-order valence-corrected chi connectivity index (χ2v) is 22.9. The molecule has 2 atom stereocenters. The summed E-state index contributed by atoms with van der Waals surface area (Å²) >= 11 is 0. The molecule has 0 radical (unpaired) electrons. The summed E-state index contributed by atoms with van der Waals surface area (Å²) in [5, 5.41) is 7.94. The standard InChI is InChI=1S/C69H51NSi/c1-3-25-64(71(51-30-13-6-14-31-51,52-32-15-7-16-33-52)53-34-17-8-18-35-53)66-47(2)65-57-37-19-20-38-58(57)69(66)68-59(65)41-24-43-63(68)70-61-42-22-21-36-56(61)60-46-50(44-45-62(60)70)67-54(48-26-9-4-10-27-48)39-23-40-55(67)49-28-11-5-12-29-49/h3-46,65,69H,1H2,2H3/b64-25+. The van der Waals surface area contributed by atoms with Crippen molar-refractivity contribution in [2.75, 3.05) is 0 Å². The number of aromatic nitrogens is 1. The van der Waals surface area contributed by atoms with Crippen molar-refractivity contribution in [1.82, 2.24) is 4.57 Å². The summed E-state index contributed by atoms with van der Waals surface area (Å²) < 4.78 is 2.58. The zero-order valence-corrected chi connectivity index (χ0v) is 40.7. The van der Waals surface area contributed by atoms with Crippen LogP contribution in [0.25, 0.3) is 60.9 Å². The van der Waals surface area contributed by atoms with Gasteiger partial charge in [0.05, 0.1) is 16.7 Å². The Morgan fingerprint density at radius 2 is 0.915 bits per heavy atom. The first kappa shape index (κ1) is 42.5. The average Bonchev–Trinajstić information content (AvgIpc) is 3.78. The molecule has 0 N–H and O–H groups in total. The smallest absolute Gasteiger partial charge is 0.179 e. The molecule has 0 amide bonds. The molecule has 3 aliphatic rings. The van der Waals surface area contributed by atoms with E-state index in [1.807, 2.05) is 0 Å². The normalized spacial score (nSPS) is 15.2. The molecule has 3 aliphatic carbocycles. The summed E-state index contributed by atoms with van der Waals surface area (Å²) in [5.41, 5.74) is 19.3. The molecule has 1 heterocycles. The Bertz CT molecular complexity index is 3730. The number of hydrogen-bond acceptors (Lipinski definition) is 0. The van der Waals surface area contributed by atoms with Gasteiger partial charge in [0.1, 0.15) is 0 Å². The molecular weight excluding hydrogens is 871 g/mol. The van der Waals surface area contributed by atoms with Gasteiger partial charge in [0.15, 0.2) is 8.07 Å². The van der Waals surface area contributed by atoms with Crippen molar-refractivity contribution >= 4 is 45.4 Å². The van der Waals surface area contributed by atoms with Gasteiger partial charge in [-0.15, -0.1) is 0 Å². The zero-order chi connectivity index (χ0) is 47.5. The fraction of sp³-hybridized carbons (Fsp3) is 0.0435. The molecule has 1 aromatic heterocycles. The van der Waals surface area contributed by atoms with Crippen LogP contribution < -0.4 is 15.6 Å². The maximum Gasteiger partial charge on any atom is 0.179 e. The first-order valence-corrected chi connectivity index (χ1v) is 26.9. The summed E-state index contributed by atoms with van der Waals surface area (Å²) in [7, 11) is -3.03. The Kier molecular flexibility index (Phi) is 10.4. The van der Waals surface area contributed by atoms with Gasteiger partial charge in [0, 0.05) is 22.6 Å². The van der Waals surface area contributed by atoms with Crippen LogP contribution in [-0.2, 0) is 0 Å². The topological polar surface area (TPSA) is 4.93 Å². The van der Waals surface area contributed by atoms with E-state index in [0.29, 0.717) is 0 Å². The van der Waals surface area contributed by atoms with E-state index < -0.39 is 8.07 Å². The van der Waals surface area contributed by atoms with Gasteiger partial charge in [-0.3, -0.25) is 0 Å². The second kappa shape index (κ2) is 17.4. The van der Waals surface area contributed by atoms with Gasteiger partial charge in [0.25, 0.3) is 0 Å². The molecule has 0 spiro atoms. The van der Waals surface area contributed by atoms with Crippen LogP contribution in [-0.4, -0.2) is 12.6 Å². The van der Waals surface area contributed by atoms with Crippen molar-refractivity contribution in [2.45, 2.75) is 18.8 Å². The van der Waals surface area contributed by atoms with E-state index in [1.165, 1.54) is 115 Å². The number of nitrogens with zero attached hydrogens (tertiary/aromatic N) is 1. The third-order valence-electron chi connectivity index (χ3n) is 15.5. The van der Waals surface area contributed by atoms with Crippen LogP contribution >= 0.6 is 0 Å². The van der Waals surface area contributed by atoms with E-state index in [-0.39, 0.29) is 11.8 Å². The van der Waals surface area contributed by atoms with Gasteiger partial charge in [-0.1, -0.05) is 255 Å². The summed E-state index contributed by atoms with van der Waals surface area (Å²) in [6.07, 6.45) is 4.44. The molecule has 0 aliphatic heterocycles. The molecule has 14 rings (SSSR count). The van der Waals surface area contributed by atoms with Crippen molar-refractivity contribution in [2.24, 2.45) is 0 Å². The highest BCUT2D eigenvalue weighted by Gasteiger charge is 2.51. The van der Waals surface area contributed by atoms with E-state index in [4.69, 9.17) is 0 Å². The monoisotopic (exact) mass is 921 g/mol. The van der Waals surface area contributed by atoms with Crippen LogP contribution in [0.4, 0.5) is 0 Å². The molecular formula is C69H51NSi. The van der Waals surface area contributed by atoms with E-state index in [1.54, 1.807) is 0 Å². The number of hydrogen-bond donors (Lipinski definition) is 0. The van der Waals surface area contributed by atoms with Crippen LogP contribution in [0, 0.1) is 0 Å². The Labute approximate surface area is 417 Å². The molecule has 11 aromatic rings. The van der Waals surface area contributed by atoms with Gasteiger partial charge >= 0.3 is 0 Å². The van der Waals surface area contributed by atoms with Crippen molar-refractivity contribution in [1.29, 1.82) is 0 Å². The Hall–Kier alpha value is -8.56. The number of fused-ring (bicyclic) bond motifs is 3. The number of para-hydroxylation sites is 1. The van der Waals surface area contributed by atoms with E-state index in [0.717, 1.165) is 0 Å². The molecule has 336 valence electrons. The van der Waals surface area contributed by atoms with Crippen molar-refractivity contribution in [3.8, 4) is 39.1 Å². The zero-order valence-electron chi connectivity index (χ0n) is 39.7. The van der Waals surface area contributed by atoms with Gasteiger partial charge < -0.3 is 4.57 Å². The second-order valence-electron chi connectivity index (χ2n) is 19.1. The van der Waals surface area contributed by atoms with Crippen LogP contribution in [0.5, 0.6) is 0 Å². The lowest BCUT2D eigenvalue weighted by Gasteiger charge is -2.48. The predicted octanol–water partition coefficient (Wildman–Crippen LogP) is 15.5. The van der Waals surface area contributed by atoms with Crippen molar-refractivity contribution in [3.05, 3.63) is 312 Å². The summed E-state index contributed by atoms with van der Waals surface area (Å²) in [6.45, 7) is 6.91. The Morgan fingerprint density at radius 1 is 0.437 bits per heavy atom. The number of benzene rings is 10. The molecule has 0 saturated heterocycles. The average molecular weight is 922 g/mol. The number of rotatable bonds is 10. The fourth-order valence-corrected chi connectivity index (χ4v) is 17.9. The summed E-state index contributed by atoms with van der Waals surface area (Å²) in [5.74, 6) is 0.0345. The highest BCUT2D eigenvalue weighted by molar-refractivity contribution is 7.16. The third-order valence-corrected chi connectivity index (χ3v) is 20.4. The molecule has 71 heavy (non-hydrogen) atoms. The van der Waals surface area contributed by atoms with Crippen LogP contribution in [0.3, 0.4) is 0 Å². The minimum Gasteiger partial charge on any atom is -0.309 e. The van der Waals surface area contributed by atoms with E-state index in [2.05, 4.69) is 285 Å². The first-order chi connectivity index (χ1) is 35.2. The lowest BCUT2D eigenvalue weighted by Crippen LogP contribution is -2.69. The minimum absolute atomic E-state index is 0.0433. The molecule has 0 fully saturated rings. The molecule has 10 aromatic carbocycles. The van der Waals surface area contributed by atoms with Gasteiger partial charge in [-0.05, 0) is 113 Å². The predicted molar refractivity (Wildman–Crippen MR) is 302 cm³/mol. The minimum atomic E-state index is -3.03. The molecule has 0 saturated carbocycles. The van der Waals surface area contributed by atoms with Crippen LogP contribution in [0.1, 0.15) is 41.0 Å². The van der Waals surface area contributed by atoms with Crippen molar-refractivity contribution in [3.63, 3.8) is 0 Å². The Morgan fingerprint density at radius 3 is 1.49 bits per heavy atom. The molecule has 1 nitrogen and oxygen atoms in total. The third kappa shape index (κ3) is 6.59. The maximum atomic E-state index is 4.49. The van der Waals surface area contributed by atoms with Gasteiger partial charge in [-0.2, -0.15) is 0 Å². The molecule has 2 unspecified atom stereocenters. The van der Waals surface area contributed by atoms with Gasteiger partial charge in [0.2, 0.25) is 0 Å². The summed E-state index contributed by atoms with van der Waals surface area (Å²) in [4.78, 5) is 0. The van der Waals surface area contributed by atoms with Gasteiger partial charge in [-0.25, -0.2) is 0 Å². The quantitative estimate of drug-likeness (QED) is 0.0732. The van der Waals surface area contributed by atoms with Crippen LogP contribution in [0.2, 0.25) is 0 Å². The lowest BCUT2D eigenvalue weighted by molar-refractivity contribution is 0.734. The first-order valence-electron chi connectivity index (χ1n) is 24.9. The molecule has 2 heteroatoms. The Balaban J connectivity index is 1.07. The summed E-state index contributed by atoms with van der Waals surface area (Å²) in [6, 6.07) is 95.1.